The second-order valence-corrected chi connectivity index (χ2v) is 6.41. The van der Waals surface area contributed by atoms with Crippen LogP contribution in [0.2, 0.25) is 0 Å². The van der Waals surface area contributed by atoms with Crippen molar-refractivity contribution in [2.24, 2.45) is 11.8 Å². The molecule has 94 valence electrons. The van der Waals surface area contributed by atoms with Crippen molar-refractivity contribution in [3.63, 3.8) is 0 Å². The lowest BCUT2D eigenvalue weighted by Gasteiger charge is -2.19. The zero-order valence-electron chi connectivity index (χ0n) is 10.7. The van der Waals surface area contributed by atoms with E-state index in [0.29, 0.717) is 6.04 Å². The van der Waals surface area contributed by atoms with Gasteiger partial charge in [0.05, 0.1) is 0 Å². The molecule has 1 aliphatic carbocycles. The van der Waals surface area contributed by atoms with Gasteiger partial charge in [0.25, 0.3) is 0 Å². The number of hydrogen-bond donors (Lipinski definition) is 1. The van der Waals surface area contributed by atoms with Crippen molar-refractivity contribution in [2.45, 2.75) is 39.2 Å². The lowest BCUT2D eigenvalue weighted by Crippen LogP contribution is -2.30. The Morgan fingerprint density at radius 2 is 1.88 bits per heavy atom. The molecule has 2 heteroatoms. The molecule has 1 aromatic rings. The molecule has 0 spiro atoms. The highest BCUT2D eigenvalue weighted by Crippen LogP contribution is 2.38. The fourth-order valence-corrected chi connectivity index (χ4v) is 2.55. The average molecular weight is 296 g/mol. The Morgan fingerprint density at radius 1 is 1.24 bits per heavy atom. The Bertz CT molecular complexity index is 340. The molecule has 0 bridgehead atoms. The second-order valence-electron chi connectivity index (χ2n) is 5.49. The first-order chi connectivity index (χ1) is 8.15. The first kappa shape index (κ1) is 13.1. The summed E-state index contributed by atoms with van der Waals surface area (Å²) >= 11 is 3.49. The Balaban J connectivity index is 1.90. The van der Waals surface area contributed by atoms with E-state index in [4.69, 9.17) is 0 Å². The van der Waals surface area contributed by atoms with Crippen LogP contribution in [0.15, 0.2) is 28.7 Å². The molecule has 1 fully saturated rings. The Morgan fingerprint density at radius 3 is 2.41 bits per heavy atom. The van der Waals surface area contributed by atoms with Gasteiger partial charge in [-0.05, 0) is 55.3 Å². The van der Waals surface area contributed by atoms with Crippen LogP contribution in [-0.2, 0) is 6.42 Å². The fourth-order valence-electron chi connectivity index (χ4n) is 2.28. The van der Waals surface area contributed by atoms with E-state index < -0.39 is 0 Å². The second kappa shape index (κ2) is 6.01. The summed E-state index contributed by atoms with van der Waals surface area (Å²) in [5.74, 6) is 1.78. The summed E-state index contributed by atoms with van der Waals surface area (Å²) in [7, 11) is 0. The topological polar surface area (TPSA) is 12.0 Å². The molecule has 1 aromatic carbocycles. The molecule has 17 heavy (non-hydrogen) atoms. The molecule has 0 amide bonds. The largest absolute Gasteiger partial charge is 0.314 e. The van der Waals surface area contributed by atoms with Crippen LogP contribution in [0.4, 0.5) is 0 Å². The summed E-state index contributed by atoms with van der Waals surface area (Å²) in [5, 5.41) is 3.59. The lowest BCUT2D eigenvalue weighted by atomic mass is 9.94. The molecular weight excluding hydrogens is 274 g/mol. The Labute approximate surface area is 113 Å². The normalized spacial score (nSPS) is 17.4. The van der Waals surface area contributed by atoms with Crippen LogP contribution in [0.25, 0.3) is 0 Å². The number of hydrogen-bond acceptors (Lipinski definition) is 1. The highest BCUT2D eigenvalue weighted by atomic mass is 79.9. The molecule has 1 nitrogen and oxygen atoms in total. The minimum Gasteiger partial charge on any atom is -0.314 e. The van der Waals surface area contributed by atoms with E-state index in [1.165, 1.54) is 35.8 Å². The number of halogens is 1. The standard InChI is InChI=1S/C15H22BrN/c1-11(2)17-10-14(13-5-6-13)9-12-3-7-15(16)8-4-12/h3-4,7-8,11,13-14,17H,5-6,9-10H2,1-2H3. The summed E-state index contributed by atoms with van der Waals surface area (Å²) < 4.78 is 1.17. The van der Waals surface area contributed by atoms with Crippen molar-refractivity contribution >= 4 is 15.9 Å². The van der Waals surface area contributed by atoms with Crippen molar-refractivity contribution in [1.29, 1.82) is 0 Å². The van der Waals surface area contributed by atoms with Gasteiger partial charge in [-0.2, -0.15) is 0 Å². The SMILES string of the molecule is CC(C)NCC(Cc1ccc(Br)cc1)C1CC1. The number of nitrogens with one attached hydrogen (secondary N) is 1. The maximum absolute atomic E-state index is 3.59. The molecule has 0 saturated heterocycles. The monoisotopic (exact) mass is 295 g/mol. The maximum Gasteiger partial charge on any atom is 0.0175 e. The summed E-state index contributed by atoms with van der Waals surface area (Å²) in [5.41, 5.74) is 1.47. The van der Waals surface area contributed by atoms with Gasteiger partial charge in [0, 0.05) is 10.5 Å². The number of rotatable bonds is 6. The predicted octanol–water partition coefficient (Wildman–Crippen LogP) is 4.02. The van der Waals surface area contributed by atoms with Gasteiger partial charge < -0.3 is 5.32 Å². The maximum atomic E-state index is 3.59. The van der Waals surface area contributed by atoms with E-state index in [0.717, 1.165) is 11.8 Å². The third kappa shape index (κ3) is 4.44. The van der Waals surface area contributed by atoms with E-state index in [-0.39, 0.29) is 0 Å². The van der Waals surface area contributed by atoms with Crippen LogP contribution in [0.5, 0.6) is 0 Å². The van der Waals surface area contributed by atoms with Crippen LogP contribution in [0, 0.1) is 11.8 Å². The smallest absolute Gasteiger partial charge is 0.0175 e. The van der Waals surface area contributed by atoms with Crippen molar-refractivity contribution in [1.82, 2.24) is 5.32 Å². The van der Waals surface area contributed by atoms with Gasteiger partial charge in [-0.15, -0.1) is 0 Å². The fraction of sp³-hybridized carbons (Fsp3) is 0.600. The molecule has 1 saturated carbocycles. The van der Waals surface area contributed by atoms with Crippen LogP contribution < -0.4 is 5.32 Å². The molecule has 0 aromatic heterocycles. The van der Waals surface area contributed by atoms with Gasteiger partial charge in [-0.3, -0.25) is 0 Å². The van der Waals surface area contributed by atoms with Crippen molar-refractivity contribution in [3.8, 4) is 0 Å². The van der Waals surface area contributed by atoms with Gasteiger partial charge in [0.2, 0.25) is 0 Å². The molecule has 2 rings (SSSR count). The molecule has 0 heterocycles. The van der Waals surface area contributed by atoms with E-state index in [9.17, 15) is 0 Å². The van der Waals surface area contributed by atoms with E-state index in [1.54, 1.807) is 0 Å². The van der Waals surface area contributed by atoms with Gasteiger partial charge in [0.1, 0.15) is 0 Å². The number of benzene rings is 1. The summed E-state index contributed by atoms with van der Waals surface area (Å²) in [6.45, 7) is 5.62. The summed E-state index contributed by atoms with van der Waals surface area (Å²) in [6.07, 6.45) is 4.08. The lowest BCUT2D eigenvalue weighted by molar-refractivity contribution is 0.405. The zero-order chi connectivity index (χ0) is 12.3. The average Bonchev–Trinajstić information content (AvgIpc) is 3.10. The molecule has 1 N–H and O–H groups in total. The molecule has 1 aliphatic rings. The molecular formula is C15H22BrN. The quantitative estimate of drug-likeness (QED) is 0.836. The van der Waals surface area contributed by atoms with Gasteiger partial charge in [-0.1, -0.05) is 41.9 Å². The predicted molar refractivity (Wildman–Crippen MR) is 77.2 cm³/mol. The minimum atomic E-state index is 0.598. The van der Waals surface area contributed by atoms with Gasteiger partial charge in [0.15, 0.2) is 0 Å². The van der Waals surface area contributed by atoms with Crippen molar-refractivity contribution < 1.29 is 0 Å². The van der Waals surface area contributed by atoms with E-state index >= 15 is 0 Å². The highest BCUT2D eigenvalue weighted by Gasteiger charge is 2.30. The Kier molecular flexibility index (Phi) is 4.63. The minimum absolute atomic E-state index is 0.598. The van der Waals surface area contributed by atoms with Gasteiger partial charge >= 0.3 is 0 Å². The van der Waals surface area contributed by atoms with Crippen LogP contribution in [-0.4, -0.2) is 12.6 Å². The van der Waals surface area contributed by atoms with Crippen molar-refractivity contribution in [2.75, 3.05) is 6.54 Å². The highest BCUT2D eigenvalue weighted by molar-refractivity contribution is 9.10. The summed E-state index contributed by atoms with van der Waals surface area (Å²) in [4.78, 5) is 0. The van der Waals surface area contributed by atoms with Crippen LogP contribution >= 0.6 is 15.9 Å². The third-order valence-electron chi connectivity index (χ3n) is 3.49. The summed E-state index contributed by atoms with van der Waals surface area (Å²) in [6, 6.07) is 9.38. The van der Waals surface area contributed by atoms with Crippen LogP contribution in [0.1, 0.15) is 32.3 Å². The molecule has 1 unspecified atom stereocenters. The van der Waals surface area contributed by atoms with E-state index in [2.05, 4.69) is 59.4 Å². The molecule has 0 radical (unpaired) electrons. The molecule has 1 atom stereocenters. The molecule has 0 aliphatic heterocycles. The third-order valence-corrected chi connectivity index (χ3v) is 4.02. The van der Waals surface area contributed by atoms with Crippen LogP contribution in [0.3, 0.4) is 0 Å². The first-order valence-corrected chi connectivity index (χ1v) is 7.42. The van der Waals surface area contributed by atoms with Gasteiger partial charge in [-0.25, -0.2) is 0 Å². The zero-order valence-corrected chi connectivity index (χ0v) is 12.3. The Hall–Kier alpha value is -0.340. The van der Waals surface area contributed by atoms with E-state index in [1.807, 2.05) is 0 Å². The first-order valence-electron chi connectivity index (χ1n) is 6.63. The van der Waals surface area contributed by atoms with Crippen molar-refractivity contribution in [3.05, 3.63) is 34.3 Å².